The Labute approximate surface area is 107 Å². The van der Waals surface area contributed by atoms with Gasteiger partial charge in [-0.05, 0) is 19.4 Å². The monoisotopic (exact) mass is 267 g/mol. The lowest BCUT2D eigenvalue weighted by atomic mass is 10.1. The fourth-order valence-corrected chi connectivity index (χ4v) is 1.98. The van der Waals surface area contributed by atoms with Crippen LogP contribution in [0.25, 0.3) is 10.4 Å². The summed E-state index contributed by atoms with van der Waals surface area (Å²) >= 11 is 0. The molecule has 0 unspecified atom stereocenters. The van der Waals surface area contributed by atoms with Crippen molar-refractivity contribution in [1.29, 1.82) is 0 Å². The van der Waals surface area contributed by atoms with Crippen molar-refractivity contribution < 1.29 is 9.84 Å². The van der Waals surface area contributed by atoms with Crippen LogP contribution >= 0.6 is 0 Å². The standard InChI is InChI=1S/C10H13N5O4/c1-5-4-15(9(17)12-8(5)16)7-3-10(18,13-14-11)6(2)19-7/h4,6-7,18H,3H2,1-2H3,(H,12,16,17)/t6-,7-,10+/m1/s1. The Morgan fingerprint density at radius 1 is 1.68 bits per heavy atom. The first-order chi connectivity index (χ1) is 8.87. The maximum absolute atomic E-state index is 11.7. The molecular weight excluding hydrogens is 254 g/mol. The Morgan fingerprint density at radius 2 is 2.37 bits per heavy atom. The minimum absolute atomic E-state index is 0.0659. The summed E-state index contributed by atoms with van der Waals surface area (Å²) in [7, 11) is 0. The maximum Gasteiger partial charge on any atom is 0.330 e. The number of nitrogens with one attached hydrogen (secondary N) is 1. The molecule has 1 fully saturated rings. The largest absolute Gasteiger partial charge is 0.381 e. The molecule has 3 atom stereocenters. The second kappa shape index (κ2) is 4.54. The molecule has 1 aromatic heterocycles. The number of hydrogen-bond donors (Lipinski definition) is 2. The average molecular weight is 267 g/mol. The molecule has 0 aliphatic carbocycles. The molecule has 2 heterocycles. The van der Waals surface area contributed by atoms with Crippen LogP contribution in [-0.4, -0.2) is 26.5 Å². The van der Waals surface area contributed by atoms with Crippen molar-refractivity contribution in [3.63, 3.8) is 0 Å². The number of H-pyrrole nitrogens is 1. The number of aromatic amines is 1. The normalized spacial score (nSPS) is 30.1. The van der Waals surface area contributed by atoms with Crippen LogP contribution < -0.4 is 11.2 Å². The van der Waals surface area contributed by atoms with E-state index in [0.717, 1.165) is 4.57 Å². The third kappa shape index (κ3) is 2.26. The Balaban J connectivity index is 2.41. The summed E-state index contributed by atoms with van der Waals surface area (Å²) in [5.74, 6) is 0. The summed E-state index contributed by atoms with van der Waals surface area (Å²) in [5, 5.41) is 13.4. The number of nitrogens with zero attached hydrogens (tertiary/aromatic N) is 4. The topological polar surface area (TPSA) is 133 Å². The van der Waals surface area contributed by atoms with E-state index in [1.54, 1.807) is 6.92 Å². The fourth-order valence-electron chi connectivity index (χ4n) is 1.98. The summed E-state index contributed by atoms with van der Waals surface area (Å²) in [6.07, 6.45) is -0.273. The van der Waals surface area contributed by atoms with Crippen molar-refractivity contribution in [2.75, 3.05) is 0 Å². The van der Waals surface area contributed by atoms with Crippen molar-refractivity contribution >= 4 is 0 Å². The number of aliphatic hydroxyl groups is 1. The molecule has 0 amide bonds. The summed E-state index contributed by atoms with van der Waals surface area (Å²) in [6, 6.07) is 0. The molecule has 1 aliphatic rings. The maximum atomic E-state index is 11.7. The lowest BCUT2D eigenvalue weighted by Crippen LogP contribution is -2.34. The summed E-state index contributed by atoms with van der Waals surface area (Å²) in [6.45, 7) is 3.09. The van der Waals surface area contributed by atoms with Crippen LogP contribution in [0.3, 0.4) is 0 Å². The zero-order chi connectivity index (χ0) is 14.2. The minimum atomic E-state index is -1.71. The molecule has 9 nitrogen and oxygen atoms in total. The molecule has 0 spiro atoms. The Hall–Kier alpha value is -2.09. The molecule has 0 aromatic carbocycles. The third-order valence-corrected chi connectivity index (χ3v) is 3.16. The molecule has 9 heteroatoms. The van der Waals surface area contributed by atoms with E-state index in [1.807, 2.05) is 0 Å². The number of rotatable bonds is 2. The van der Waals surface area contributed by atoms with Gasteiger partial charge in [-0.2, -0.15) is 0 Å². The lowest BCUT2D eigenvalue weighted by Gasteiger charge is -2.17. The number of ether oxygens (including phenoxy) is 1. The summed E-state index contributed by atoms with van der Waals surface area (Å²) in [5.41, 5.74) is 5.95. The van der Waals surface area contributed by atoms with Gasteiger partial charge in [0.05, 0.1) is 6.10 Å². The molecular formula is C10H13N5O4. The van der Waals surface area contributed by atoms with Crippen LogP contribution in [0.4, 0.5) is 0 Å². The Bertz CT molecular complexity index is 659. The highest BCUT2D eigenvalue weighted by Gasteiger charge is 2.45. The molecule has 102 valence electrons. The molecule has 0 radical (unpaired) electrons. The predicted molar refractivity (Wildman–Crippen MR) is 64.4 cm³/mol. The van der Waals surface area contributed by atoms with Crippen LogP contribution in [0.5, 0.6) is 0 Å². The SMILES string of the molecule is Cc1cn([C@H]2C[C@@](O)(N=[N+]=[N-])[C@@H](C)O2)c(=O)[nH]c1=O. The van der Waals surface area contributed by atoms with Crippen molar-refractivity contribution in [3.8, 4) is 0 Å². The van der Waals surface area contributed by atoms with Gasteiger partial charge >= 0.3 is 5.69 Å². The van der Waals surface area contributed by atoms with Gasteiger partial charge in [-0.25, -0.2) is 4.79 Å². The highest BCUT2D eigenvalue weighted by Crippen LogP contribution is 2.36. The summed E-state index contributed by atoms with van der Waals surface area (Å²) in [4.78, 5) is 27.7. The molecule has 2 rings (SSSR count). The second-order valence-electron chi connectivity index (χ2n) is 4.48. The minimum Gasteiger partial charge on any atom is -0.381 e. The number of hydrogen-bond acceptors (Lipinski definition) is 5. The van der Waals surface area contributed by atoms with E-state index in [-0.39, 0.29) is 6.42 Å². The second-order valence-corrected chi connectivity index (χ2v) is 4.48. The highest BCUT2D eigenvalue weighted by atomic mass is 16.5. The first-order valence-corrected chi connectivity index (χ1v) is 5.63. The van der Waals surface area contributed by atoms with Gasteiger partial charge in [0.2, 0.25) is 0 Å². The smallest absolute Gasteiger partial charge is 0.330 e. The fraction of sp³-hybridized carbons (Fsp3) is 0.600. The van der Waals surface area contributed by atoms with E-state index in [1.165, 1.54) is 13.1 Å². The van der Waals surface area contributed by atoms with Gasteiger partial charge < -0.3 is 9.84 Å². The van der Waals surface area contributed by atoms with Gasteiger partial charge in [0.25, 0.3) is 5.56 Å². The zero-order valence-corrected chi connectivity index (χ0v) is 10.4. The van der Waals surface area contributed by atoms with Crippen molar-refractivity contribution in [3.05, 3.63) is 43.0 Å². The third-order valence-electron chi connectivity index (χ3n) is 3.16. The molecule has 1 aromatic rings. The van der Waals surface area contributed by atoms with Crippen LogP contribution in [0, 0.1) is 6.92 Å². The Kier molecular flexibility index (Phi) is 3.19. The van der Waals surface area contributed by atoms with Gasteiger partial charge in [0, 0.05) is 23.1 Å². The van der Waals surface area contributed by atoms with Crippen molar-refractivity contribution in [1.82, 2.24) is 9.55 Å². The first-order valence-electron chi connectivity index (χ1n) is 5.63. The number of azide groups is 1. The first kappa shape index (κ1) is 13.3. The predicted octanol–water partition coefficient (Wildman–Crippen LogP) is 0.151. The molecule has 19 heavy (non-hydrogen) atoms. The van der Waals surface area contributed by atoms with E-state index in [0.29, 0.717) is 5.56 Å². The van der Waals surface area contributed by atoms with Gasteiger partial charge in [-0.3, -0.25) is 14.3 Å². The van der Waals surface area contributed by atoms with E-state index in [9.17, 15) is 14.7 Å². The van der Waals surface area contributed by atoms with Crippen LogP contribution in [0.1, 0.15) is 25.1 Å². The van der Waals surface area contributed by atoms with E-state index < -0.39 is 29.3 Å². The number of aromatic nitrogens is 2. The Morgan fingerprint density at radius 3 is 3.00 bits per heavy atom. The van der Waals surface area contributed by atoms with Crippen molar-refractivity contribution in [2.45, 2.75) is 38.3 Å². The molecule has 2 N–H and O–H groups in total. The zero-order valence-electron chi connectivity index (χ0n) is 10.4. The van der Waals surface area contributed by atoms with E-state index in [2.05, 4.69) is 15.0 Å². The van der Waals surface area contributed by atoms with Gasteiger partial charge in [0.15, 0.2) is 5.72 Å². The van der Waals surface area contributed by atoms with Crippen LogP contribution in [-0.2, 0) is 4.74 Å². The van der Waals surface area contributed by atoms with E-state index in [4.69, 9.17) is 10.3 Å². The van der Waals surface area contributed by atoms with Crippen LogP contribution in [0.2, 0.25) is 0 Å². The van der Waals surface area contributed by atoms with Crippen molar-refractivity contribution in [2.24, 2.45) is 5.11 Å². The highest BCUT2D eigenvalue weighted by molar-refractivity contribution is 5.02. The van der Waals surface area contributed by atoms with Crippen LogP contribution in [0.15, 0.2) is 20.9 Å². The van der Waals surface area contributed by atoms with E-state index >= 15 is 0 Å². The molecule has 0 bridgehead atoms. The lowest BCUT2D eigenvalue weighted by molar-refractivity contribution is -0.0460. The molecule has 0 saturated carbocycles. The quantitative estimate of drug-likeness (QED) is 0.448. The molecule has 1 saturated heterocycles. The average Bonchev–Trinajstić information content (AvgIpc) is 2.61. The number of aryl methyl sites for hydroxylation is 1. The van der Waals surface area contributed by atoms with Gasteiger partial charge in [0.1, 0.15) is 6.23 Å². The van der Waals surface area contributed by atoms with Gasteiger partial charge in [-0.1, -0.05) is 5.11 Å². The molecule has 1 aliphatic heterocycles. The summed E-state index contributed by atoms with van der Waals surface area (Å²) < 4.78 is 6.58. The van der Waals surface area contributed by atoms with Gasteiger partial charge in [-0.15, -0.1) is 0 Å².